The van der Waals surface area contributed by atoms with Gasteiger partial charge in [0.2, 0.25) is 0 Å². The predicted molar refractivity (Wildman–Crippen MR) is 80.2 cm³/mol. The maximum atomic E-state index is 5.59. The Morgan fingerprint density at radius 1 is 1.42 bits per heavy atom. The van der Waals surface area contributed by atoms with Crippen LogP contribution < -0.4 is 5.32 Å². The highest BCUT2D eigenvalue weighted by atomic mass is 16.5. The van der Waals surface area contributed by atoms with Gasteiger partial charge in [-0.3, -0.25) is 0 Å². The summed E-state index contributed by atoms with van der Waals surface area (Å²) in [7, 11) is 6.59. The monoisotopic (exact) mass is 266 g/mol. The fraction of sp³-hybridized carbons (Fsp3) is 0.875. The Hall–Kier alpha value is -0.540. The molecule has 0 radical (unpaired) electrons. The second-order valence-electron chi connectivity index (χ2n) is 6.59. The van der Waals surface area contributed by atoms with E-state index in [1.807, 2.05) is 6.26 Å². The first-order valence-electron chi connectivity index (χ1n) is 7.75. The van der Waals surface area contributed by atoms with Gasteiger partial charge in [-0.2, -0.15) is 0 Å². The molecule has 110 valence electrons. The van der Waals surface area contributed by atoms with Crippen molar-refractivity contribution in [3.8, 4) is 0 Å². The summed E-state index contributed by atoms with van der Waals surface area (Å²) in [5, 5.41) is 3.59. The average molecular weight is 266 g/mol. The van der Waals surface area contributed by atoms with E-state index in [2.05, 4.69) is 38.3 Å². The van der Waals surface area contributed by atoms with Crippen molar-refractivity contribution in [2.45, 2.75) is 57.0 Å². The van der Waals surface area contributed by atoms with Crippen LogP contribution in [0.15, 0.2) is 11.8 Å². The number of hydrogen-bond donors (Lipinski definition) is 1. The number of nitrogens with zero attached hydrogens (tertiary/aromatic N) is 1. The summed E-state index contributed by atoms with van der Waals surface area (Å²) in [6.45, 7) is 3.28. The molecule has 19 heavy (non-hydrogen) atoms. The molecule has 3 unspecified atom stereocenters. The van der Waals surface area contributed by atoms with Crippen LogP contribution in [0.4, 0.5) is 0 Å². The van der Waals surface area contributed by atoms with Crippen molar-refractivity contribution in [1.82, 2.24) is 10.2 Å². The number of hydrogen-bond acceptors (Lipinski definition) is 3. The average Bonchev–Trinajstić information content (AvgIpc) is 2.40. The molecule has 0 amide bonds. The molecular formula is C16H30N2O. The van der Waals surface area contributed by atoms with E-state index in [0.29, 0.717) is 6.04 Å². The van der Waals surface area contributed by atoms with Gasteiger partial charge in [0.05, 0.1) is 12.9 Å². The van der Waals surface area contributed by atoms with Crippen molar-refractivity contribution < 1.29 is 4.74 Å². The highest BCUT2D eigenvalue weighted by molar-refractivity contribution is 5.20. The third-order valence-corrected chi connectivity index (χ3v) is 5.06. The summed E-state index contributed by atoms with van der Waals surface area (Å²) < 4.78 is 5.59. The molecule has 0 aromatic heterocycles. The standard InChI is InChI=1S/C16H30N2O/c1-13-7-5-9-16(11-13,18(3)4)15(17-2)14-8-6-10-19-12-14/h12-13,15,17H,5-11H2,1-4H3. The third kappa shape index (κ3) is 2.97. The van der Waals surface area contributed by atoms with Gasteiger partial charge in [-0.05, 0) is 58.3 Å². The summed E-state index contributed by atoms with van der Waals surface area (Å²) in [4.78, 5) is 2.46. The summed E-state index contributed by atoms with van der Waals surface area (Å²) in [5.41, 5.74) is 1.70. The lowest BCUT2D eigenvalue weighted by Gasteiger charge is -2.51. The van der Waals surface area contributed by atoms with Gasteiger partial charge < -0.3 is 15.0 Å². The number of ether oxygens (including phenoxy) is 1. The van der Waals surface area contributed by atoms with Gasteiger partial charge in [-0.15, -0.1) is 0 Å². The fourth-order valence-electron chi connectivity index (χ4n) is 4.09. The molecule has 2 rings (SSSR count). The lowest BCUT2D eigenvalue weighted by atomic mass is 9.69. The van der Waals surface area contributed by atoms with Crippen LogP contribution in [-0.2, 0) is 4.74 Å². The van der Waals surface area contributed by atoms with E-state index in [1.165, 1.54) is 37.7 Å². The zero-order chi connectivity index (χ0) is 13.9. The van der Waals surface area contributed by atoms with Crippen LogP contribution in [0.1, 0.15) is 45.4 Å². The van der Waals surface area contributed by atoms with Gasteiger partial charge in [0.15, 0.2) is 0 Å². The number of rotatable bonds is 4. The number of likely N-dealkylation sites (N-methyl/N-ethyl adjacent to an activating group) is 2. The molecule has 1 N–H and O–H groups in total. The first kappa shape index (κ1) is 14.9. The van der Waals surface area contributed by atoms with Crippen molar-refractivity contribution in [2.75, 3.05) is 27.7 Å². The van der Waals surface area contributed by atoms with Gasteiger partial charge in [0.25, 0.3) is 0 Å². The van der Waals surface area contributed by atoms with Crippen LogP contribution in [0.2, 0.25) is 0 Å². The molecule has 3 heteroatoms. The molecule has 1 fully saturated rings. The van der Waals surface area contributed by atoms with Gasteiger partial charge in [-0.1, -0.05) is 19.8 Å². The SMILES string of the molecule is CNC(C1=COCCC1)C1(N(C)C)CCCC(C)C1. The Kier molecular flexibility index (Phi) is 4.91. The molecule has 1 heterocycles. The lowest BCUT2D eigenvalue weighted by Crippen LogP contribution is -2.61. The topological polar surface area (TPSA) is 24.5 Å². The van der Waals surface area contributed by atoms with Crippen molar-refractivity contribution >= 4 is 0 Å². The van der Waals surface area contributed by atoms with Crippen molar-refractivity contribution in [3.05, 3.63) is 11.8 Å². The molecule has 1 aliphatic carbocycles. The van der Waals surface area contributed by atoms with Crippen molar-refractivity contribution in [3.63, 3.8) is 0 Å². The lowest BCUT2D eigenvalue weighted by molar-refractivity contribution is 0.0470. The summed E-state index contributed by atoms with van der Waals surface area (Å²) in [6.07, 6.45) is 9.64. The van der Waals surface area contributed by atoms with E-state index in [-0.39, 0.29) is 5.54 Å². The van der Waals surface area contributed by atoms with E-state index in [4.69, 9.17) is 4.74 Å². The molecule has 0 bridgehead atoms. The summed E-state index contributed by atoms with van der Waals surface area (Å²) in [6, 6.07) is 0.422. The van der Waals surface area contributed by atoms with E-state index in [1.54, 1.807) is 0 Å². The van der Waals surface area contributed by atoms with E-state index >= 15 is 0 Å². The molecule has 0 spiro atoms. The molecule has 0 saturated heterocycles. The Morgan fingerprint density at radius 3 is 2.74 bits per heavy atom. The zero-order valence-corrected chi connectivity index (χ0v) is 13.0. The Morgan fingerprint density at radius 2 is 2.21 bits per heavy atom. The van der Waals surface area contributed by atoms with Crippen LogP contribution >= 0.6 is 0 Å². The van der Waals surface area contributed by atoms with Crippen LogP contribution in [0, 0.1) is 5.92 Å². The first-order chi connectivity index (χ1) is 9.10. The normalized spacial score (nSPS) is 33.7. The quantitative estimate of drug-likeness (QED) is 0.847. The van der Waals surface area contributed by atoms with E-state index in [0.717, 1.165) is 18.9 Å². The molecule has 0 aromatic rings. The maximum Gasteiger partial charge on any atom is 0.0876 e. The van der Waals surface area contributed by atoms with Crippen LogP contribution in [0.3, 0.4) is 0 Å². The smallest absolute Gasteiger partial charge is 0.0876 e. The Balaban J connectivity index is 2.27. The van der Waals surface area contributed by atoms with Gasteiger partial charge in [-0.25, -0.2) is 0 Å². The minimum Gasteiger partial charge on any atom is -0.501 e. The van der Waals surface area contributed by atoms with Gasteiger partial charge >= 0.3 is 0 Å². The number of nitrogens with one attached hydrogen (secondary N) is 1. The second kappa shape index (κ2) is 6.27. The van der Waals surface area contributed by atoms with Crippen LogP contribution in [-0.4, -0.2) is 44.2 Å². The summed E-state index contributed by atoms with van der Waals surface area (Å²) in [5.74, 6) is 0.817. The molecule has 1 saturated carbocycles. The maximum absolute atomic E-state index is 5.59. The predicted octanol–water partition coefficient (Wildman–Crippen LogP) is 2.78. The van der Waals surface area contributed by atoms with E-state index < -0.39 is 0 Å². The molecule has 3 atom stereocenters. The Labute approximate surface area is 118 Å². The highest BCUT2D eigenvalue weighted by Gasteiger charge is 2.44. The molecular weight excluding hydrogens is 236 g/mol. The van der Waals surface area contributed by atoms with E-state index in [9.17, 15) is 0 Å². The highest BCUT2D eigenvalue weighted by Crippen LogP contribution is 2.41. The van der Waals surface area contributed by atoms with Gasteiger partial charge in [0, 0.05) is 11.6 Å². The van der Waals surface area contributed by atoms with Crippen molar-refractivity contribution in [1.29, 1.82) is 0 Å². The molecule has 3 nitrogen and oxygen atoms in total. The largest absolute Gasteiger partial charge is 0.501 e. The molecule has 0 aromatic carbocycles. The minimum atomic E-state index is 0.249. The third-order valence-electron chi connectivity index (χ3n) is 5.06. The molecule has 2 aliphatic rings. The zero-order valence-electron chi connectivity index (χ0n) is 13.0. The first-order valence-corrected chi connectivity index (χ1v) is 7.75. The van der Waals surface area contributed by atoms with Gasteiger partial charge in [0.1, 0.15) is 0 Å². The molecule has 1 aliphatic heterocycles. The Bertz CT molecular complexity index is 327. The minimum absolute atomic E-state index is 0.249. The van der Waals surface area contributed by atoms with Crippen LogP contribution in [0.5, 0.6) is 0 Å². The second-order valence-corrected chi connectivity index (χ2v) is 6.59. The summed E-state index contributed by atoms with van der Waals surface area (Å²) >= 11 is 0. The fourth-order valence-corrected chi connectivity index (χ4v) is 4.09. The van der Waals surface area contributed by atoms with Crippen LogP contribution in [0.25, 0.3) is 0 Å². The van der Waals surface area contributed by atoms with Crippen molar-refractivity contribution in [2.24, 2.45) is 5.92 Å².